The van der Waals surface area contributed by atoms with Crippen LogP contribution in [0.25, 0.3) is 0 Å². The van der Waals surface area contributed by atoms with Crippen molar-refractivity contribution in [1.29, 1.82) is 0 Å². The van der Waals surface area contributed by atoms with Crippen LogP contribution in [0.2, 0.25) is 5.02 Å². The van der Waals surface area contributed by atoms with Crippen molar-refractivity contribution in [2.75, 3.05) is 0 Å². The molecule has 1 fully saturated rings. The molecule has 1 aromatic carbocycles. The lowest BCUT2D eigenvalue weighted by atomic mass is 10.1. The molecule has 1 aromatic rings. The normalized spacial score (nSPS) is 15.1. The molecule has 0 aromatic heterocycles. The zero-order chi connectivity index (χ0) is 11.5. The minimum Gasteiger partial charge on any atom is -0.481 e. The number of hydrogen-bond donors (Lipinski definition) is 1. The highest BCUT2D eigenvalue weighted by Gasteiger charge is 2.23. The highest BCUT2D eigenvalue weighted by Crippen LogP contribution is 2.41. The number of carboxylic acids is 1. The second-order valence-corrected chi connectivity index (χ2v) is 5.73. The number of aryl methyl sites for hydroxylation is 1. The average molecular weight is 257 g/mol. The quantitative estimate of drug-likeness (QED) is 0.874. The molecule has 0 bridgehead atoms. The highest BCUT2D eigenvalue weighted by molar-refractivity contribution is 8.00. The Labute approximate surface area is 104 Å². The molecule has 2 rings (SSSR count). The van der Waals surface area contributed by atoms with Gasteiger partial charge < -0.3 is 5.11 Å². The van der Waals surface area contributed by atoms with E-state index in [1.807, 2.05) is 30.0 Å². The number of hydrogen-bond acceptors (Lipinski definition) is 2. The molecule has 1 saturated carbocycles. The van der Waals surface area contributed by atoms with Crippen LogP contribution in [0.4, 0.5) is 0 Å². The molecule has 4 heteroatoms. The van der Waals surface area contributed by atoms with Crippen LogP contribution in [0.1, 0.15) is 24.8 Å². The van der Waals surface area contributed by atoms with Gasteiger partial charge in [0.25, 0.3) is 0 Å². The molecule has 16 heavy (non-hydrogen) atoms. The predicted octanol–water partition coefficient (Wildman–Crippen LogP) is 3.61. The number of aliphatic carboxylic acids is 1. The number of carbonyl (C=O) groups is 1. The molecule has 0 saturated heterocycles. The predicted molar refractivity (Wildman–Crippen MR) is 66.3 cm³/mol. The van der Waals surface area contributed by atoms with Crippen molar-refractivity contribution in [2.45, 2.75) is 35.8 Å². The summed E-state index contributed by atoms with van der Waals surface area (Å²) in [5, 5.41) is 10.1. The second-order valence-electron chi connectivity index (χ2n) is 3.98. The molecule has 0 amide bonds. The van der Waals surface area contributed by atoms with Gasteiger partial charge in [-0.2, -0.15) is 0 Å². The van der Waals surface area contributed by atoms with E-state index in [1.54, 1.807) is 0 Å². The molecular weight excluding hydrogens is 244 g/mol. The topological polar surface area (TPSA) is 37.3 Å². The molecule has 2 nitrogen and oxygen atoms in total. The number of halogens is 1. The summed E-state index contributed by atoms with van der Waals surface area (Å²) < 4.78 is 0. The molecule has 0 radical (unpaired) electrons. The van der Waals surface area contributed by atoms with Gasteiger partial charge in [-0.3, -0.25) is 4.79 Å². The largest absolute Gasteiger partial charge is 0.481 e. The zero-order valence-corrected chi connectivity index (χ0v) is 10.4. The fourth-order valence-corrected chi connectivity index (χ4v) is 2.80. The van der Waals surface area contributed by atoms with E-state index in [2.05, 4.69) is 0 Å². The minimum atomic E-state index is -0.771. The van der Waals surface area contributed by atoms with E-state index in [0.29, 0.717) is 6.42 Å². The van der Waals surface area contributed by atoms with Crippen molar-refractivity contribution >= 4 is 29.3 Å². The summed E-state index contributed by atoms with van der Waals surface area (Å²) >= 11 is 7.97. The number of thioether (sulfide) groups is 1. The first-order chi connectivity index (χ1) is 7.65. The van der Waals surface area contributed by atoms with Crippen molar-refractivity contribution in [3.8, 4) is 0 Å². The summed E-state index contributed by atoms with van der Waals surface area (Å²) in [6.07, 6.45) is 3.26. The maximum absolute atomic E-state index is 10.4. The van der Waals surface area contributed by atoms with Crippen LogP contribution in [0, 0.1) is 0 Å². The first-order valence-corrected chi connectivity index (χ1v) is 6.58. The Bertz CT molecular complexity index is 402. The van der Waals surface area contributed by atoms with Gasteiger partial charge >= 0.3 is 5.97 Å². The number of rotatable bonds is 5. The molecule has 1 aliphatic carbocycles. The van der Waals surface area contributed by atoms with Gasteiger partial charge in [0.1, 0.15) is 0 Å². The van der Waals surface area contributed by atoms with Gasteiger partial charge in [0.15, 0.2) is 0 Å². The molecular formula is C12H13ClO2S. The van der Waals surface area contributed by atoms with Crippen molar-refractivity contribution in [1.82, 2.24) is 0 Å². The number of carboxylic acid groups (broad SMARTS) is 1. The maximum atomic E-state index is 10.4. The summed E-state index contributed by atoms with van der Waals surface area (Å²) in [6.45, 7) is 0. The smallest absolute Gasteiger partial charge is 0.303 e. The summed E-state index contributed by atoms with van der Waals surface area (Å²) in [5.74, 6) is -0.771. The lowest BCUT2D eigenvalue weighted by molar-refractivity contribution is -0.136. The Balaban J connectivity index is 2.00. The Morgan fingerprint density at radius 2 is 2.25 bits per heavy atom. The van der Waals surface area contributed by atoms with Crippen molar-refractivity contribution < 1.29 is 9.90 Å². The highest BCUT2D eigenvalue weighted by atomic mass is 35.5. The number of benzene rings is 1. The fraction of sp³-hybridized carbons (Fsp3) is 0.417. The molecule has 0 atom stereocenters. The van der Waals surface area contributed by atoms with E-state index in [0.717, 1.165) is 20.7 Å². The SMILES string of the molecule is O=C(O)CCc1ccc(SC2CC2)c(Cl)c1. The van der Waals surface area contributed by atoms with Gasteiger partial charge in [-0.15, -0.1) is 11.8 Å². The first kappa shape index (κ1) is 11.8. The lowest BCUT2D eigenvalue weighted by Gasteiger charge is -2.05. The summed E-state index contributed by atoms with van der Waals surface area (Å²) in [5.41, 5.74) is 0.993. The molecule has 0 heterocycles. The van der Waals surface area contributed by atoms with Crippen LogP contribution in [0.5, 0.6) is 0 Å². The molecule has 0 spiro atoms. The van der Waals surface area contributed by atoms with Crippen LogP contribution in [-0.2, 0) is 11.2 Å². The maximum Gasteiger partial charge on any atom is 0.303 e. The summed E-state index contributed by atoms with van der Waals surface area (Å²) in [7, 11) is 0. The summed E-state index contributed by atoms with van der Waals surface area (Å²) in [6, 6.07) is 5.86. The monoisotopic (exact) mass is 256 g/mol. The average Bonchev–Trinajstić information content (AvgIpc) is 3.02. The van der Waals surface area contributed by atoms with Crippen molar-refractivity contribution in [2.24, 2.45) is 0 Å². The lowest BCUT2D eigenvalue weighted by Crippen LogP contribution is -1.97. The Kier molecular flexibility index (Phi) is 3.77. The van der Waals surface area contributed by atoms with Crippen molar-refractivity contribution in [3.63, 3.8) is 0 Å². The van der Waals surface area contributed by atoms with Crippen LogP contribution in [0.3, 0.4) is 0 Å². The summed E-state index contributed by atoms with van der Waals surface area (Å²) in [4.78, 5) is 11.6. The Morgan fingerprint density at radius 1 is 1.50 bits per heavy atom. The van der Waals surface area contributed by atoms with Crippen LogP contribution in [-0.4, -0.2) is 16.3 Å². The second kappa shape index (κ2) is 5.11. The fourth-order valence-electron chi connectivity index (χ4n) is 1.41. The molecule has 0 aliphatic heterocycles. The van der Waals surface area contributed by atoms with Crippen LogP contribution in [0.15, 0.2) is 23.1 Å². The van der Waals surface area contributed by atoms with Gasteiger partial charge in [0, 0.05) is 16.6 Å². The van der Waals surface area contributed by atoms with Gasteiger partial charge in [0.2, 0.25) is 0 Å². The molecule has 1 N–H and O–H groups in total. The molecule has 86 valence electrons. The van der Waals surface area contributed by atoms with Crippen molar-refractivity contribution in [3.05, 3.63) is 28.8 Å². The Hall–Kier alpha value is -0.670. The van der Waals surface area contributed by atoms with Crippen LogP contribution < -0.4 is 0 Å². The van der Waals surface area contributed by atoms with E-state index < -0.39 is 5.97 Å². The van der Waals surface area contributed by atoms with Gasteiger partial charge in [-0.05, 0) is 37.0 Å². The molecule has 0 unspecified atom stereocenters. The van der Waals surface area contributed by atoms with E-state index in [4.69, 9.17) is 16.7 Å². The zero-order valence-electron chi connectivity index (χ0n) is 8.78. The van der Waals surface area contributed by atoms with E-state index in [-0.39, 0.29) is 6.42 Å². The van der Waals surface area contributed by atoms with Crippen LogP contribution >= 0.6 is 23.4 Å². The van der Waals surface area contributed by atoms with E-state index >= 15 is 0 Å². The third kappa shape index (κ3) is 3.42. The Morgan fingerprint density at radius 3 is 2.81 bits per heavy atom. The van der Waals surface area contributed by atoms with Gasteiger partial charge in [0.05, 0.1) is 5.02 Å². The van der Waals surface area contributed by atoms with E-state index in [1.165, 1.54) is 12.8 Å². The first-order valence-electron chi connectivity index (χ1n) is 5.32. The van der Waals surface area contributed by atoms with E-state index in [9.17, 15) is 4.79 Å². The third-order valence-electron chi connectivity index (χ3n) is 2.44. The molecule has 1 aliphatic rings. The standard InChI is InChI=1S/C12H13ClO2S/c13-10-7-8(2-6-12(14)15)1-5-11(10)16-9-3-4-9/h1,5,7,9H,2-4,6H2,(H,14,15). The third-order valence-corrected chi connectivity index (χ3v) is 4.28. The van der Waals surface area contributed by atoms with Gasteiger partial charge in [-0.25, -0.2) is 0 Å². The van der Waals surface area contributed by atoms with Gasteiger partial charge in [-0.1, -0.05) is 17.7 Å². The minimum absolute atomic E-state index is 0.158.